The van der Waals surface area contributed by atoms with Crippen LogP contribution in [0, 0.1) is 0 Å². The molecule has 0 bridgehead atoms. The van der Waals surface area contributed by atoms with E-state index in [1.54, 1.807) is 0 Å². The highest BCUT2D eigenvalue weighted by molar-refractivity contribution is 7.32. The lowest BCUT2D eigenvalue weighted by Gasteiger charge is -1.95. The van der Waals surface area contributed by atoms with E-state index >= 15 is 0 Å². The van der Waals surface area contributed by atoms with Crippen molar-refractivity contribution >= 4 is 31.5 Å². The molecule has 0 aliphatic carbocycles. The topological polar surface area (TPSA) is 72.3 Å². The van der Waals surface area contributed by atoms with Gasteiger partial charge >= 0.3 is 8.25 Å². The molecule has 0 aliphatic rings. The monoisotopic (exact) mass is 241 g/mol. The molecule has 1 atom stereocenters. The third kappa shape index (κ3) is 3.93. The third-order valence-corrected chi connectivity index (χ3v) is 1.75. The molecule has 0 saturated heterocycles. The first-order valence-electron chi connectivity index (χ1n) is 3.06. The largest absolute Gasteiger partial charge is 0.695 e. The van der Waals surface area contributed by atoms with Gasteiger partial charge in [-0.25, -0.2) is 9.97 Å². The second-order valence-corrected chi connectivity index (χ2v) is 3.45. The average Bonchev–Trinajstić information content (AvgIpc) is 1.99. The standard InChI is InChI=1S/C5H3Cl2N2O3P/c6-3-1-4(7)9-5(8-3)2-12-13(10)11/h1H,2H2/p+1. The number of rotatable bonds is 3. The molecule has 0 fully saturated rings. The maximum Gasteiger partial charge on any atom is 0.695 e. The van der Waals surface area contributed by atoms with Crippen LogP contribution in [-0.2, 0) is 15.7 Å². The summed E-state index contributed by atoms with van der Waals surface area (Å²) in [5.74, 6) is 0.162. The maximum atomic E-state index is 10.1. The Labute approximate surface area is 84.6 Å². The molecule has 1 rings (SSSR count). The molecule has 0 radical (unpaired) electrons. The van der Waals surface area contributed by atoms with Gasteiger partial charge in [-0.2, -0.15) is 0 Å². The van der Waals surface area contributed by atoms with Gasteiger partial charge < -0.3 is 0 Å². The summed E-state index contributed by atoms with van der Waals surface area (Å²) in [6.07, 6.45) is 0. The molecule has 0 aromatic carbocycles. The van der Waals surface area contributed by atoms with E-state index in [9.17, 15) is 4.57 Å². The van der Waals surface area contributed by atoms with Crippen molar-refractivity contribution in [3.05, 3.63) is 22.2 Å². The molecule has 1 aromatic rings. The van der Waals surface area contributed by atoms with Crippen LogP contribution in [-0.4, -0.2) is 14.9 Å². The van der Waals surface area contributed by atoms with Crippen LogP contribution in [0.25, 0.3) is 0 Å². The van der Waals surface area contributed by atoms with E-state index in [1.807, 2.05) is 0 Å². The van der Waals surface area contributed by atoms with E-state index in [0.717, 1.165) is 0 Å². The normalized spacial score (nSPS) is 11.5. The van der Waals surface area contributed by atoms with Crippen LogP contribution in [0.4, 0.5) is 0 Å². The van der Waals surface area contributed by atoms with E-state index in [-0.39, 0.29) is 22.7 Å². The van der Waals surface area contributed by atoms with Crippen molar-refractivity contribution in [1.82, 2.24) is 9.97 Å². The van der Waals surface area contributed by atoms with Gasteiger partial charge in [-0.15, -0.1) is 9.42 Å². The zero-order valence-corrected chi connectivity index (χ0v) is 8.55. The van der Waals surface area contributed by atoms with Crippen LogP contribution in [0.15, 0.2) is 6.07 Å². The number of nitrogens with zero attached hydrogens (tertiary/aromatic N) is 2. The van der Waals surface area contributed by atoms with Crippen LogP contribution in [0.2, 0.25) is 10.3 Å². The molecule has 0 saturated carbocycles. The highest BCUT2D eigenvalue weighted by Crippen LogP contribution is 2.18. The van der Waals surface area contributed by atoms with Crippen molar-refractivity contribution in [1.29, 1.82) is 0 Å². The van der Waals surface area contributed by atoms with E-state index in [4.69, 9.17) is 28.1 Å². The van der Waals surface area contributed by atoms with Gasteiger partial charge in [-0.1, -0.05) is 23.2 Å². The Balaban J connectivity index is 2.71. The summed E-state index contributed by atoms with van der Waals surface area (Å²) in [6, 6.07) is 1.35. The predicted octanol–water partition coefficient (Wildman–Crippen LogP) is 1.95. The highest BCUT2D eigenvalue weighted by atomic mass is 35.5. The molecule has 0 amide bonds. The number of halogens is 2. The van der Waals surface area contributed by atoms with Crippen molar-refractivity contribution in [3.8, 4) is 0 Å². The van der Waals surface area contributed by atoms with Crippen LogP contribution in [0.3, 0.4) is 0 Å². The Morgan fingerprint density at radius 2 is 2.00 bits per heavy atom. The van der Waals surface area contributed by atoms with E-state index in [2.05, 4.69) is 14.5 Å². The first kappa shape index (κ1) is 10.8. The molecule has 13 heavy (non-hydrogen) atoms. The van der Waals surface area contributed by atoms with Gasteiger partial charge in [-0.3, -0.25) is 0 Å². The Morgan fingerprint density at radius 1 is 1.46 bits per heavy atom. The summed E-state index contributed by atoms with van der Waals surface area (Å²) < 4.78 is 14.5. The molecular weight excluding hydrogens is 238 g/mol. The van der Waals surface area contributed by atoms with E-state index in [0.29, 0.717) is 0 Å². The minimum atomic E-state index is -2.66. The molecule has 1 N–H and O–H groups in total. The molecule has 0 spiro atoms. The summed E-state index contributed by atoms with van der Waals surface area (Å²) in [6.45, 7) is -0.202. The molecule has 8 heteroatoms. The predicted molar refractivity (Wildman–Crippen MR) is 46.7 cm³/mol. The lowest BCUT2D eigenvalue weighted by atomic mass is 10.6. The second kappa shape index (κ2) is 4.79. The zero-order valence-electron chi connectivity index (χ0n) is 6.15. The quantitative estimate of drug-likeness (QED) is 0.647. The molecule has 70 valence electrons. The third-order valence-electron chi connectivity index (χ3n) is 1.01. The van der Waals surface area contributed by atoms with Crippen LogP contribution in [0.5, 0.6) is 0 Å². The van der Waals surface area contributed by atoms with Gasteiger partial charge in [0, 0.05) is 10.6 Å². The fraction of sp³-hybridized carbons (Fsp3) is 0.200. The van der Waals surface area contributed by atoms with Gasteiger partial charge in [-0.05, 0) is 0 Å². The first-order valence-corrected chi connectivity index (χ1v) is 4.94. The van der Waals surface area contributed by atoms with Crippen molar-refractivity contribution in [3.63, 3.8) is 0 Å². The lowest BCUT2D eigenvalue weighted by molar-refractivity contribution is 0.265. The minimum absolute atomic E-state index is 0.159. The zero-order chi connectivity index (χ0) is 9.84. The lowest BCUT2D eigenvalue weighted by Crippen LogP contribution is -1.95. The average molecular weight is 242 g/mol. The first-order chi connectivity index (χ1) is 6.08. The van der Waals surface area contributed by atoms with Crippen molar-refractivity contribution in [2.24, 2.45) is 0 Å². The number of hydrogen-bond acceptors (Lipinski definition) is 4. The summed E-state index contributed by atoms with van der Waals surface area (Å²) in [4.78, 5) is 15.7. The summed E-state index contributed by atoms with van der Waals surface area (Å²) in [5.41, 5.74) is 0. The van der Waals surface area contributed by atoms with Crippen LogP contribution in [0.1, 0.15) is 5.82 Å². The summed E-state index contributed by atoms with van der Waals surface area (Å²) in [5, 5.41) is 0.318. The number of aromatic nitrogens is 2. The Morgan fingerprint density at radius 3 is 2.46 bits per heavy atom. The van der Waals surface area contributed by atoms with Gasteiger partial charge in [0.15, 0.2) is 12.4 Å². The smallest absolute Gasteiger partial charge is 0.218 e. The SMILES string of the molecule is O=[P+](O)OCc1nc(Cl)cc(Cl)n1. The van der Waals surface area contributed by atoms with Gasteiger partial charge in [0.25, 0.3) is 0 Å². The van der Waals surface area contributed by atoms with Crippen LogP contribution < -0.4 is 0 Å². The highest BCUT2D eigenvalue weighted by Gasteiger charge is 2.14. The van der Waals surface area contributed by atoms with Crippen molar-refractivity contribution in [2.45, 2.75) is 6.61 Å². The van der Waals surface area contributed by atoms with Gasteiger partial charge in [0.1, 0.15) is 10.3 Å². The maximum absolute atomic E-state index is 10.1. The molecule has 0 aliphatic heterocycles. The van der Waals surface area contributed by atoms with E-state index < -0.39 is 8.25 Å². The van der Waals surface area contributed by atoms with Crippen molar-refractivity contribution < 1.29 is 14.0 Å². The summed E-state index contributed by atoms with van der Waals surface area (Å²) >= 11 is 11.1. The Kier molecular flexibility index (Phi) is 3.96. The van der Waals surface area contributed by atoms with Crippen LogP contribution >= 0.6 is 31.5 Å². The fourth-order valence-electron chi connectivity index (χ4n) is 0.612. The summed E-state index contributed by atoms with van der Waals surface area (Å²) in [7, 11) is -2.66. The van der Waals surface area contributed by atoms with Crippen molar-refractivity contribution in [2.75, 3.05) is 0 Å². The number of hydrogen-bond donors (Lipinski definition) is 1. The fourth-order valence-corrected chi connectivity index (χ4v) is 1.30. The molecular formula is C5H4Cl2N2O3P+. The molecule has 5 nitrogen and oxygen atoms in total. The molecule has 1 unspecified atom stereocenters. The van der Waals surface area contributed by atoms with Gasteiger partial charge in [0.05, 0.1) is 0 Å². The van der Waals surface area contributed by atoms with E-state index in [1.165, 1.54) is 6.07 Å². The Bertz CT molecular complexity index is 315. The minimum Gasteiger partial charge on any atom is -0.218 e. The molecule has 1 heterocycles. The second-order valence-electron chi connectivity index (χ2n) is 1.94. The Hall–Kier alpha value is -0.320. The molecule has 1 aromatic heterocycles. The van der Waals surface area contributed by atoms with Gasteiger partial charge in [0.2, 0.25) is 0 Å².